The molecule has 4 unspecified atom stereocenters. The van der Waals surface area contributed by atoms with Crippen LogP contribution < -0.4 is 5.32 Å². The van der Waals surface area contributed by atoms with Crippen molar-refractivity contribution < 1.29 is 22.7 Å². The number of carbonyl (C=O) groups excluding carboxylic acids is 1. The summed E-state index contributed by atoms with van der Waals surface area (Å²) in [5, 5.41) is 3.12. The highest BCUT2D eigenvalue weighted by Gasteiger charge is 2.39. The zero-order valence-corrected chi connectivity index (χ0v) is 22.8. The van der Waals surface area contributed by atoms with Gasteiger partial charge in [-0.05, 0) is 37.2 Å². The monoisotopic (exact) mass is 548 g/mol. The Morgan fingerprint density at radius 1 is 1.13 bits per heavy atom. The molecule has 4 heterocycles. The average molecular weight is 549 g/mol. The number of hydrogen-bond acceptors (Lipinski definition) is 7. The third kappa shape index (κ3) is 6.62. The summed E-state index contributed by atoms with van der Waals surface area (Å²) in [5.74, 6) is -0.275. The first-order valence-electron chi connectivity index (χ1n) is 14.1. The van der Waals surface area contributed by atoms with Crippen LogP contribution in [-0.2, 0) is 15.7 Å². The molecule has 8 nitrogen and oxygen atoms in total. The topological polar surface area (TPSA) is 83.0 Å². The number of piperidine rings is 1. The van der Waals surface area contributed by atoms with E-state index in [0.717, 1.165) is 51.0 Å². The van der Waals surface area contributed by atoms with Crippen LogP contribution in [0.1, 0.15) is 63.4 Å². The fraction of sp³-hybridized carbons (Fsp3) is 0.714. The number of alkyl halides is 3. The molecule has 4 aliphatic rings. The van der Waals surface area contributed by atoms with Gasteiger partial charge in [0.25, 0.3) is 0 Å². The van der Waals surface area contributed by atoms with Gasteiger partial charge in [-0.1, -0.05) is 26.3 Å². The summed E-state index contributed by atoms with van der Waals surface area (Å²) >= 11 is 0. The first-order chi connectivity index (χ1) is 18.6. The first kappa shape index (κ1) is 28.0. The van der Waals surface area contributed by atoms with E-state index in [-0.39, 0.29) is 36.4 Å². The number of aromatic nitrogens is 2. The highest BCUT2D eigenvalue weighted by molar-refractivity contribution is 5.94. The molecular formula is C28H39F3N6O2. The van der Waals surface area contributed by atoms with Gasteiger partial charge in [-0.2, -0.15) is 13.2 Å². The number of ether oxygens (including phenoxy) is 1. The number of nitrogens with zero attached hydrogens (tertiary/aromatic N) is 5. The molecule has 1 amide bonds. The number of amidine groups is 1. The summed E-state index contributed by atoms with van der Waals surface area (Å²) in [6.45, 7) is 9.20. The van der Waals surface area contributed by atoms with Gasteiger partial charge in [-0.25, -0.2) is 9.97 Å². The minimum atomic E-state index is -4.60. The molecule has 3 fully saturated rings. The van der Waals surface area contributed by atoms with Crippen LogP contribution in [0.3, 0.4) is 0 Å². The molecule has 11 heteroatoms. The van der Waals surface area contributed by atoms with E-state index in [1.165, 1.54) is 12.4 Å². The molecule has 0 bridgehead atoms. The van der Waals surface area contributed by atoms with Gasteiger partial charge in [0.05, 0.1) is 25.3 Å². The SMILES string of the molecule is CC1(C)CCN(C2=NC3CCCC(C(=O)NCC(c4cnc(C(F)(F)F)nc4)N4CCOCC4)C3C=C2)CC1. The van der Waals surface area contributed by atoms with Crippen molar-refractivity contribution in [2.75, 3.05) is 45.9 Å². The molecule has 0 aromatic carbocycles. The van der Waals surface area contributed by atoms with Crippen LogP contribution in [0.2, 0.25) is 0 Å². The smallest absolute Gasteiger partial charge is 0.379 e. The van der Waals surface area contributed by atoms with Gasteiger partial charge >= 0.3 is 6.18 Å². The molecule has 4 atom stereocenters. The highest BCUT2D eigenvalue weighted by Crippen LogP contribution is 2.37. The molecule has 1 N–H and O–H groups in total. The number of amides is 1. The van der Waals surface area contributed by atoms with Crippen molar-refractivity contribution >= 4 is 11.7 Å². The molecule has 1 aliphatic carbocycles. The summed E-state index contributed by atoms with van der Waals surface area (Å²) < 4.78 is 44.5. The maximum absolute atomic E-state index is 13.5. The molecular weight excluding hydrogens is 509 g/mol. The quantitative estimate of drug-likeness (QED) is 0.602. The van der Waals surface area contributed by atoms with Crippen molar-refractivity contribution in [1.82, 2.24) is 25.1 Å². The number of nitrogens with one attached hydrogen (secondary N) is 1. The number of fused-ring (bicyclic) bond motifs is 1. The zero-order valence-electron chi connectivity index (χ0n) is 22.8. The van der Waals surface area contributed by atoms with Crippen LogP contribution in [0.25, 0.3) is 0 Å². The van der Waals surface area contributed by atoms with E-state index in [1.54, 1.807) is 0 Å². The van der Waals surface area contributed by atoms with Crippen molar-refractivity contribution in [3.63, 3.8) is 0 Å². The zero-order chi connectivity index (χ0) is 27.6. The van der Waals surface area contributed by atoms with Crippen LogP contribution in [0, 0.1) is 17.3 Å². The van der Waals surface area contributed by atoms with E-state index in [1.807, 2.05) is 0 Å². The Labute approximate surface area is 228 Å². The van der Waals surface area contributed by atoms with Crippen molar-refractivity contribution in [1.29, 1.82) is 0 Å². The molecule has 214 valence electrons. The highest BCUT2D eigenvalue weighted by atomic mass is 19.4. The summed E-state index contributed by atoms with van der Waals surface area (Å²) in [6.07, 6.45) is 7.13. The van der Waals surface area contributed by atoms with E-state index in [4.69, 9.17) is 9.73 Å². The standard InChI is InChI=1S/C28H39F3N6O2/c1-27(2)8-10-37(11-9-27)24-7-6-20-21(4-3-5-22(20)35-24)25(38)32-18-23(36-12-14-39-15-13-36)19-16-33-26(34-17-19)28(29,30)31/h6-7,16-17,20-23H,3-5,8-15,18H2,1-2H3,(H,32,38). The minimum Gasteiger partial charge on any atom is -0.379 e. The molecule has 2 saturated heterocycles. The van der Waals surface area contributed by atoms with E-state index in [9.17, 15) is 18.0 Å². The van der Waals surface area contributed by atoms with Gasteiger partial charge in [-0.15, -0.1) is 0 Å². The van der Waals surface area contributed by atoms with E-state index in [2.05, 4.69) is 51.1 Å². The second kappa shape index (κ2) is 11.5. The van der Waals surface area contributed by atoms with Gasteiger partial charge in [-0.3, -0.25) is 14.7 Å². The molecule has 0 spiro atoms. The average Bonchev–Trinajstić information content (AvgIpc) is 2.93. The molecule has 1 saturated carbocycles. The number of carbonyl (C=O) groups is 1. The summed E-state index contributed by atoms with van der Waals surface area (Å²) in [4.78, 5) is 30.2. The second-order valence-corrected chi connectivity index (χ2v) is 11.9. The predicted molar refractivity (Wildman–Crippen MR) is 141 cm³/mol. The van der Waals surface area contributed by atoms with Crippen LogP contribution in [0.4, 0.5) is 13.2 Å². The summed E-state index contributed by atoms with van der Waals surface area (Å²) in [7, 11) is 0. The van der Waals surface area contributed by atoms with Gasteiger partial charge in [0.2, 0.25) is 11.7 Å². The van der Waals surface area contributed by atoms with E-state index >= 15 is 0 Å². The fourth-order valence-corrected chi connectivity index (χ4v) is 6.19. The molecule has 1 aromatic rings. The van der Waals surface area contributed by atoms with Gasteiger partial charge in [0, 0.05) is 62.5 Å². The van der Waals surface area contributed by atoms with Crippen molar-refractivity contribution in [3.05, 3.63) is 35.9 Å². The summed E-state index contributed by atoms with van der Waals surface area (Å²) in [5.41, 5.74) is 0.917. The van der Waals surface area contributed by atoms with Crippen LogP contribution in [-0.4, -0.2) is 83.5 Å². The lowest BCUT2D eigenvalue weighted by atomic mass is 9.74. The second-order valence-electron chi connectivity index (χ2n) is 11.9. The first-order valence-corrected chi connectivity index (χ1v) is 14.1. The normalized spacial score (nSPS) is 28.4. The number of hydrogen-bond donors (Lipinski definition) is 1. The number of likely N-dealkylation sites (tertiary alicyclic amines) is 1. The Bertz CT molecular complexity index is 1060. The Hall–Kier alpha value is -2.53. The molecule has 3 aliphatic heterocycles. The Morgan fingerprint density at radius 2 is 1.82 bits per heavy atom. The molecule has 0 radical (unpaired) electrons. The van der Waals surface area contributed by atoms with E-state index < -0.39 is 12.0 Å². The largest absolute Gasteiger partial charge is 0.451 e. The van der Waals surface area contributed by atoms with Gasteiger partial charge < -0.3 is 15.0 Å². The van der Waals surface area contributed by atoms with Crippen molar-refractivity contribution in [2.45, 2.75) is 64.2 Å². The van der Waals surface area contributed by atoms with Crippen molar-refractivity contribution in [2.24, 2.45) is 22.2 Å². The van der Waals surface area contributed by atoms with Crippen LogP contribution >= 0.6 is 0 Å². The van der Waals surface area contributed by atoms with Gasteiger partial charge in [0.1, 0.15) is 5.84 Å². The number of rotatable bonds is 5. The summed E-state index contributed by atoms with van der Waals surface area (Å²) in [6, 6.07) is -0.239. The van der Waals surface area contributed by atoms with E-state index in [0.29, 0.717) is 37.3 Å². The number of morpholine rings is 1. The van der Waals surface area contributed by atoms with Crippen molar-refractivity contribution in [3.8, 4) is 0 Å². The minimum absolute atomic E-state index is 0.0289. The third-order valence-electron chi connectivity index (χ3n) is 8.73. The predicted octanol–water partition coefficient (Wildman–Crippen LogP) is 3.86. The third-order valence-corrected chi connectivity index (χ3v) is 8.73. The molecule has 5 rings (SSSR count). The maximum Gasteiger partial charge on any atom is 0.451 e. The Balaban J connectivity index is 1.24. The fourth-order valence-electron chi connectivity index (χ4n) is 6.19. The Kier molecular flexibility index (Phi) is 8.28. The van der Waals surface area contributed by atoms with Crippen LogP contribution in [0.15, 0.2) is 29.5 Å². The number of halogens is 3. The lowest BCUT2D eigenvalue weighted by Gasteiger charge is -2.41. The lowest BCUT2D eigenvalue weighted by Crippen LogP contribution is -2.48. The Morgan fingerprint density at radius 3 is 2.49 bits per heavy atom. The van der Waals surface area contributed by atoms with Crippen LogP contribution in [0.5, 0.6) is 0 Å². The molecule has 39 heavy (non-hydrogen) atoms. The maximum atomic E-state index is 13.5. The lowest BCUT2D eigenvalue weighted by molar-refractivity contribution is -0.145. The molecule has 1 aromatic heterocycles. The number of dihydropyridines is 1. The van der Waals surface area contributed by atoms with Gasteiger partial charge in [0.15, 0.2) is 0 Å². The number of aliphatic imine (C=N–C) groups is 1.